The minimum absolute atomic E-state index is 0.656. The summed E-state index contributed by atoms with van der Waals surface area (Å²) in [4.78, 5) is 0. The molecule has 0 amide bonds. The first-order valence-electron chi connectivity index (χ1n) is 5.91. The summed E-state index contributed by atoms with van der Waals surface area (Å²) < 4.78 is 12.2. The van der Waals surface area contributed by atoms with Gasteiger partial charge in [-0.05, 0) is 30.3 Å². The van der Waals surface area contributed by atoms with Crippen molar-refractivity contribution in [2.75, 3.05) is 13.2 Å². The summed E-state index contributed by atoms with van der Waals surface area (Å²) in [5.74, 6) is 1.78. The maximum atomic E-state index is 5.61. The van der Waals surface area contributed by atoms with Gasteiger partial charge in [0.15, 0.2) is 0 Å². The van der Waals surface area contributed by atoms with E-state index in [1.54, 1.807) is 0 Å². The quantitative estimate of drug-likeness (QED) is 0.741. The number of halogens is 1. The third-order valence-corrected chi connectivity index (χ3v) is 2.86. The van der Waals surface area contributed by atoms with E-state index in [0.717, 1.165) is 22.4 Å². The highest BCUT2D eigenvalue weighted by molar-refractivity contribution is 9.10. The van der Waals surface area contributed by atoms with E-state index in [-0.39, 0.29) is 0 Å². The van der Waals surface area contributed by atoms with Gasteiger partial charge in [-0.25, -0.2) is 0 Å². The van der Waals surface area contributed by atoms with Crippen LogP contribution in [0, 0.1) is 0 Å². The van der Waals surface area contributed by atoms with Crippen LogP contribution in [0.4, 0.5) is 0 Å². The molecule has 0 atom stereocenters. The summed E-state index contributed by atoms with van der Waals surface area (Å²) in [6.45, 7) is 1.32. The average Bonchev–Trinajstić information content (AvgIpc) is 2.40. The Morgan fingerprint density at radius 1 is 0.778 bits per heavy atom. The molecule has 0 saturated carbocycles. The van der Waals surface area contributed by atoms with Gasteiger partial charge in [0.25, 0.3) is 0 Å². The first kappa shape index (κ1) is 13.0. The number of hydrogen-bond acceptors (Lipinski definition) is 2. The number of para-hydroxylation sites is 1. The van der Waals surface area contributed by atoms with Crippen LogP contribution in [0.2, 0.25) is 0 Å². The van der Waals surface area contributed by atoms with Crippen LogP contribution in [0.1, 0.15) is 6.42 Å². The minimum atomic E-state index is 0.656. The van der Waals surface area contributed by atoms with Crippen molar-refractivity contribution in [3.8, 4) is 11.5 Å². The van der Waals surface area contributed by atoms with E-state index < -0.39 is 0 Å². The molecular weight excluding hydrogens is 292 g/mol. The van der Waals surface area contributed by atoms with Gasteiger partial charge in [0.1, 0.15) is 11.5 Å². The topological polar surface area (TPSA) is 18.5 Å². The maximum absolute atomic E-state index is 5.61. The van der Waals surface area contributed by atoms with Crippen molar-refractivity contribution >= 4 is 15.9 Å². The van der Waals surface area contributed by atoms with Crippen LogP contribution in [0.25, 0.3) is 0 Å². The smallest absolute Gasteiger partial charge is 0.120 e. The van der Waals surface area contributed by atoms with E-state index in [9.17, 15) is 0 Å². The lowest BCUT2D eigenvalue weighted by Crippen LogP contribution is -2.04. The second kappa shape index (κ2) is 7.07. The molecule has 0 aliphatic heterocycles. The molecule has 2 nitrogen and oxygen atoms in total. The summed E-state index contributed by atoms with van der Waals surface area (Å²) in [7, 11) is 0. The Morgan fingerprint density at radius 3 is 2.17 bits per heavy atom. The highest BCUT2D eigenvalue weighted by Gasteiger charge is 1.95. The Kier molecular flexibility index (Phi) is 5.09. The second-order valence-corrected chi connectivity index (χ2v) is 4.74. The van der Waals surface area contributed by atoms with Gasteiger partial charge in [0.05, 0.1) is 13.2 Å². The van der Waals surface area contributed by atoms with E-state index in [1.807, 2.05) is 54.6 Å². The predicted octanol–water partition coefficient (Wildman–Crippen LogP) is 4.30. The molecule has 0 aromatic heterocycles. The Hall–Kier alpha value is -1.48. The molecule has 0 aliphatic rings. The van der Waals surface area contributed by atoms with Gasteiger partial charge in [0.2, 0.25) is 0 Å². The van der Waals surface area contributed by atoms with Crippen LogP contribution in [0.3, 0.4) is 0 Å². The molecule has 0 N–H and O–H groups in total. The van der Waals surface area contributed by atoms with Gasteiger partial charge in [-0.3, -0.25) is 0 Å². The lowest BCUT2D eigenvalue weighted by Gasteiger charge is -2.08. The molecule has 94 valence electrons. The molecule has 3 heteroatoms. The number of hydrogen-bond donors (Lipinski definition) is 0. The van der Waals surface area contributed by atoms with Gasteiger partial charge in [0, 0.05) is 10.9 Å². The molecule has 0 saturated heterocycles. The summed E-state index contributed by atoms with van der Waals surface area (Å²) in [6.07, 6.45) is 0.863. The summed E-state index contributed by atoms with van der Waals surface area (Å²) in [5, 5.41) is 0. The lowest BCUT2D eigenvalue weighted by molar-refractivity contribution is 0.247. The van der Waals surface area contributed by atoms with Gasteiger partial charge in [-0.15, -0.1) is 0 Å². The first-order valence-corrected chi connectivity index (χ1v) is 6.70. The fourth-order valence-corrected chi connectivity index (χ4v) is 1.89. The van der Waals surface area contributed by atoms with Crippen molar-refractivity contribution in [3.05, 3.63) is 59.1 Å². The molecule has 2 aromatic carbocycles. The predicted molar refractivity (Wildman–Crippen MR) is 76.2 cm³/mol. The fourth-order valence-electron chi connectivity index (χ4n) is 1.51. The van der Waals surface area contributed by atoms with Gasteiger partial charge >= 0.3 is 0 Å². The van der Waals surface area contributed by atoms with Crippen LogP contribution in [-0.2, 0) is 0 Å². The van der Waals surface area contributed by atoms with E-state index in [0.29, 0.717) is 13.2 Å². The molecule has 0 heterocycles. The van der Waals surface area contributed by atoms with Crippen LogP contribution >= 0.6 is 15.9 Å². The van der Waals surface area contributed by atoms with Gasteiger partial charge < -0.3 is 9.47 Å². The van der Waals surface area contributed by atoms with Crippen molar-refractivity contribution in [1.29, 1.82) is 0 Å². The standard InChI is InChI=1S/C15H15BrO2/c16-13-6-4-9-15(12-13)18-11-5-10-17-14-7-2-1-3-8-14/h1-4,6-9,12H,5,10-11H2. The number of benzene rings is 2. The summed E-state index contributed by atoms with van der Waals surface area (Å²) >= 11 is 3.41. The zero-order chi connectivity index (χ0) is 12.6. The first-order chi connectivity index (χ1) is 8.84. The highest BCUT2D eigenvalue weighted by Crippen LogP contribution is 2.17. The van der Waals surface area contributed by atoms with Crippen LogP contribution in [-0.4, -0.2) is 13.2 Å². The van der Waals surface area contributed by atoms with E-state index in [1.165, 1.54) is 0 Å². The monoisotopic (exact) mass is 306 g/mol. The molecule has 0 bridgehead atoms. The van der Waals surface area contributed by atoms with Crippen molar-refractivity contribution in [3.63, 3.8) is 0 Å². The zero-order valence-corrected chi connectivity index (χ0v) is 11.6. The SMILES string of the molecule is Brc1cccc(OCCCOc2ccccc2)c1. The van der Waals surface area contributed by atoms with Gasteiger partial charge in [-0.2, -0.15) is 0 Å². The normalized spacial score (nSPS) is 10.1. The van der Waals surface area contributed by atoms with Crippen molar-refractivity contribution in [2.45, 2.75) is 6.42 Å². The highest BCUT2D eigenvalue weighted by atomic mass is 79.9. The third kappa shape index (κ3) is 4.41. The largest absolute Gasteiger partial charge is 0.493 e. The van der Waals surface area contributed by atoms with E-state index >= 15 is 0 Å². The molecule has 0 fully saturated rings. The molecular formula is C15H15BrO2. The Morgan fingerprint density at radius 2 is 1.44 bits per heavy atom. The molecule has 0 radical (unpaired) electrons. The molecule has 0 spiro atoms. The lowest BCUT2D eigenvalue weighted by atomic mass is 10.3. The Bertz CT molecular complexity index is 471. The zero-order valence-electron chi connectivity index (χ0n) is 10.0. The minimum Gasteiger partial charge on any atom is -0.493 e. The number of ether oxygens (including phenoxy) is 2. The van der Waals surface area contributed by atoms with E-state index in [2.05, 4.69) is 15.9 Å². The van der Waals surface area contributed by atoms with Crippen LogP contribution < -0.4 is 9.47 Å². The van der Waals surface area contributed by atoms with Crippen molar-refractivity contribution in [1.82, 2.24) is 0 Å². The fraction of sp³-hybridized carbons (Fsp3) is 0.200. The van der Waals surface area contributed by atoms with Crippen molar-refractivity contribution in [2.24, 2.45) is 0 Å². The van der Waals surface area contributed by atoms with Crippen LogP contribution in [0.15, 0.2) is 59.1 Å². The van der Waals surface area contributed by atoms with Gasteiger partial charge in [-0.1, -0.05) is 40.2 Å². The average molecular weight is 307 g/mol. The summed E-state index contributed by atoms with van der Waals surface area (Å²) in [5.41, 5.74) is 0. The number of rotatable bonds is 6. The van der Waals surface area contributed by atoms with E-state index in [4.69, 9.17) is 9.47 Å². The molecule has 0 aliphatic carbocycles. The van der Waals surface area contributed by atoms with Crippen molar-refractivity contribution < 1.29 is 9.47 Å². The third-order valence-electron chi connectivity index (χ3n) is 2.37. The Labute approximate surface area is 116 Å². The molecule has 0 unspecified atom stereocenters. The molecule has 2 aromatic rings. The maximum Gasteiger partial charge on any atom is 0.120 e. The summed E-state index contributed by atoms with van der Waals surface area (Å²) in [6, 6.07) is 17.7. The second-order valence-electron chi connectivity index (χ2n) is 3.82. The Balaban J connectivity index is 1.65. The van der Waals surface area contributed by atoms with Crippen LogP contribution in [0.5, 0.6) is 11.5 Å². The molecule has 18 heavy (non-hydrogen) atoms. The molecule has 2 rings (SSSR count).